The zero-order chi connectivity index (χ0) is 18.6. The number of pyridine rings is 1. The number of aromatic nitrogens is 1. The average molecular weight is 377 g/mol. The number of nitrogens with zero attached hydrogens (tertiary/aromatic N) is 2. The molecule has 1 N–H and O–H groups in total. The molecule has 0 saturated carbocycles. The maximum absolute atomic E-state index is 12.6. The summed E-state index contributed by atoms with van der Waals surface area (Å²) in [6.45, 7) is 0.848. The minimum absolute atomic E-state index is 0.00903. The molecular formula is C21H19N3O2S. The van der Waals surface area contributed by atoms with E-state index in [1.165, 1.54) is 0 Å². The molecule has 0 spiro atoms. The third-order valence-corrected chi connectivity index (χ3v) is 5.52. The Morgan fingerprint density at radius 1 is 1.19 bits per heavy atom. The van der Waals surface area contributed by atoms with E-state index in [0.29, 0.717) is 13.1 Å². The zero-order valence-electron chi connectivity index (χ0n) is 14.7. The van der Waals surface area contributed by atoms with Gasteiger partial charge in [-0.15, -0.1) is 11.3 Å². The molecule has 2 aromatic heterocycles. The van der Waals surface area contributed by atoms with Gasteiger partial charge in [0.2, 0.25) is 11.8 Å². The number of rotatable bonds is 5. The summed E-state index contributed by atoms with van der Waals surface area (Å²) in [6, 6.07) is 17.4. The van der Waals surface area contributed by atoms with Crippen LogP contribution >= 0.6 is 11.3 Å². The molecule has 0 aliphatic carbocycles. The summed E-state index contributed by atoms with van der Waals surface area (Å²) in [6.07, 6.45) is 2.00. The molecule has 3 aromatic rings. The summed E-state index contributed by atoms with van der Waals surface area (Å²) < 4.78 is 0. The van der Waals surface area contributed by atoms with E-state index in [1.54, 1.807) is 22.4 Å². The van der Waals surface area contributed by atoms with Gasteiger partial charge in [-0.3, -0.25) is 14.6 Å². The minimum atomic E-state index is -0.323. The highest BCUT2D eigenvalue weighted by atomic mass is 32.1. The van der Waals surface area contributed by atoms with E-state index in [4.69, 9.17) is 0 Å². The van der Waals surface area contributed by atoms with Crippen molar-refractivity contribution in [2.45, 2.75) is 13.0 Å². The molecule has 3 heterocycles. The van der Waals surface area contributed by atoms with Gasteiger partial charge in [0, 0.05) is 31.4 Å². The van der Waals surface area contributed by atoms with Crippen LogP contribution in [0.1, 0.15) is 12.0 Å². The number of benzene rings is 1. The third kappa shape index (κ3) is 3.90. The molecule has 0 unspecified atom stereocenters. The lowest BCUT2D eigenvalue weighted by Crippen LogP contribution is -2.32. The molecule has 136 valence electrons. The van der Waals surface area contributed by atoms with Crippen LogP contribution in [0, 0.1) is 5.92 Å². The average Bonchev–Trinajstić information content (AvgIpc) is 3.37. The van der Waals surface area contributed by atoms with Crippen molar-refractivity contribution in [1.29, 1.82) is 0 Å². The third-order valence-electron chi connectivity index (χ3n) is 4.63. The van der Waals surface area contributed by atoms with E-state index in [-0.39, 0.29) is 24.2 Å². The van der Waals surface area contributed by atoms with E-state index >= 15 is 0 Å². The Bertz CT molecular complexity index is 941. The second-order valence-electron chi connectivity index (χ2n) is 6.49. The molecule has 6 heteroatoms. The van der Waals surface area contributed by atoms with Gasteiger partial charge in [0.1, 0.15) is 0 Å². The van der Waals surface area contributed by atoms with E-state index < -0.39 is 0 Å². The van der Waals surface area contributed by atoms with Crippen molar-refractivity contribution in [3.8, 4) is 10.6 Å². The fourth-order valence-electron chi connectivity index (χ4n) is 3.22. The molecule has 1 aliphatic rings. The van der Waals surface area contributed by atoms with Crippen molar-refractivity contribution in [1.82, 2.24) is 10.3 Å². The summed E-state index contributed by atoms with van der Waals surface area (Å²) in [7, 11) is 0. The van der Waals surface area contributed by atoms with Crippen LogP contribution in [0.3, 0.4) is 0 Å². The first-order chi connectivity index (χ1) is 13.2. The predicted molar refractivity (Wildman–Crippen MR) is 106 cm³/mol. The zero-order valence-corrected chi connectivity index (χ0v) is 15.5. The van der Waals surface area contributed by atoms with Gasteiger partial charge >= 0.3 is 0 Å². The summed E-state index contributed by atoms with van der Waals surface area (Å²) in [5, 5.41) is 4.98. The van der Waals surface area contributed by atoms with Crippen LogP contribution in [-0.4, -0.2) is 23.3 Å². The normalized spacial score (nSPS) is 16.5. The number of hydrogen-bond donors (Lipinski definition) is 1. The molecule has 1 aliphatic heterocycles. The van der Waals surface area contributed by atoms with Gasteiger partial charge in [-0.25, -0.2) is 0 Å². The topological polar surface area (TPSA) is 62.3 Å². The Morgan fingerprint density at radius 3 is 2.81 bits per heavy atom. The molecule has 5 nitrogen and oxygen atoms in total. The molecule has 1 fully saturated rings. The molecule has 0 radical (unpaired) electrons. The molecule has 1 saturated heterocycles. The highest BCUT2D eigenvalue weighted by Crippen LogP contribution is 2.25. The van der Waals surface area contributed by atoms with Crippen molar-refractivity contribution >= 4 is 28.8 Å². The molecule has 27 heavy (non-hydrogen) atoms. The van der Waals surface area contributed by atoms with Crippen molar-refractivity contribution < 1.29 is 9.59 Å². The molecule has 1 atom stereocenters. The van der Waals surface area contributed by atoms with Crippen molar-refractivity contribution in [3.63, 3.8) is 0 Å². The number of carbonyl (C=O) groups excluding carboxylic acids is 2. The van der Waals surface area contributed by atoms with Gasteiger partial charge in [-0.1, -0.05) is 24.3 Å². The van der Waals surface area contributed by atoms with Gasteiger partial charge in [0.15, 0.2) is 0 Å². The van der Waals surface area contributed by atoms with Crippen LogP contribution < -0.4 is 10.2 Å². The number of carbonyl (C=O) groups is 2. The quantitative estimate of drug-likeness (QED) is 0.740. The Kier molecular flexibility index (Phi) is 4.98. The SMILES string of the molecule is O=C(NCc1ccnc(-c2cccs2)c1)[C@H]1CC(=O)N(c2ccccc2)C1. The summed E-state index contributed by atoms with van der Waals surface area (Å²) in [5.41, 5.74) is 2.74. The smallest absolute Gasteiger partial charge is 0.227 e. The fraction of sp³-hybridized carbons (Fsp3) is 0.190. The second-order valence-corrected chi connectivity index (χ2v) is 7.43. The second kappa shape index (κ2) is 7.72. The Balaban J connectivity index is 1.38. The number of hydrogen-bond acceptors (Lipinski definition) is 4. The summed E-state index contributed by atoms with van der Waals surface area (Å²) in [5.74, 6) is -0.419. The molecule has 2 amide bonds. The number of amides is 2. The van der Waals surface area contributed by atoms with Crippen LogP contribution in [-0.2, 0) is 16.1 Å². The van der Waals surface area contributed by atoms with Gasteiger partial charge in [-0.05, 0) is 41.3 Å². The van der Waals surface area contributed by atoms with Crippen LogP contribution in [0.5, 0.6) is 0 Å². The first-order valence-corrected chi connectivity index (χ1v) is 9.70. The first-order valence-electron chi connectivity index (χ1n) is 8.82. The molecule has 0 bridgehead atoms. The number of anilines is 1. The Hall–Kier alpha value is -2.99. The largest absolute Gasteiger partial charge is 0.352 e. The minimum Gasteiger partial charge on any atom is -0.352 e. The summed E-state index contributed by atoms with van der Waals surface area (Å²) >= 11 is 1.64. The molecular weight excluding hydrogens is 358 g/mol. The lowest BCUT2D eigenvalue weighted by atomic mass is 10.1. The Labute approximate surface area is 161 Å². The van der Waals surface area contributed by atoms with E-state index in [2.05, 4.69) is 10.3 Å². The highest BCUT2D eigenvalue weighted by Gasteiger charge is 2.34. The van der Waals surface area contributed by atoms with E-state index in [9.17, 15) is 9.59 Å². The highest BCUT2D eigenvalue weighted by molar-refractivity contribution is 7.13. The number of nitrogens with one attached hydrogen (secondary N) is 1. The van der Waals surface area contributed by atoms with Crippen molar-refractivity contribution in [2.75, 3.05) is 11.4 Å². The van der Waals surface area contributed by atoms with Crippen LogP contribution in [0.4, 0.5) is 5.69 Å². The van der Waals surface area contributed by atoms with Crippen LogP contribution in [0.25, 0.3) is 10.6 Å². The molecule has 1 aromatic carbocycles. The lowest BCUT2D eigenvalue weighted by Gasteiger charge is -2.16. The standard InChI is InChI=1S/C21H19N3O2S/c25-20-12-16(14-24(20)17-5-2-1-3-6-17)21(26)23-13-15-8-9-22-18(11-15)19-7-4-10-27-19/h1-11,16H,12-14H2,(H,23,26)/t16-/m0/s1. The van der Waals surface area contributed by atoms with Gasteiger partial charge < -0.3 is 10.2 Å². The first kappa shape index (κ1) is 17.4. The number of thiophene rings is 1. The van der Waals surface area contributed by atoms with Crippen molar-refractivity contribution in [3.05, 3.63) is 71.7 Å². The maximum atomic E-state index is 12.6. The maximum Gasteiger partial charge on any atom is 0.227 e. The fourth-order valence-corrected chi connectivity index (χ4v) is 3.91. The Morgan fingerprint density at radius 2 is 2.04 bits per heavy atom. The number of para-hydroxylation sites is 1. The van der Waals surface area contributed by atoms with Crippen molar-refractivity contribution in [2.24, 2.45) is 5.92 Å². The van der Waals surface area contributed by atoms with Gasteiger partial charge in [0.25, 0.3) is 0 Å². The van der Waals surface area contributed by atoms with E-state index in [0.717, 1.165) is 21.8 Å². The monoisotopic (exact) mass is 377 g/mol. The van der Waals surface area contributed by atoms with Crippen LogP contribution in [0.2, 0.25) is 0 Å². The molecule has 4 rings (SSSR count). The van der Waals surface area contributed by atoms with Gasteiger partial charge in [-0.2, -0.15) is 0 Å². The lowest BCUT2D eigenvalue weighted by molar-refractivity contribution is -0.126. The summed E-state index contributed by atoms with van der Waals surface area (Å²) in [4.78, 5) is 32.0. The van der Waals surface area contributed by atoms with Crippen LogP contribution in [0.15, 0.2) is 66.2 Å². The predicted octanol–water partition coefficient (Wildman–Crippen LogP) is 3.48. The van der Waals surface area contributed by atoms with E-state index in [1.807, 2.05) is 60.0 Å². The van der Waals surface area contributed by atoms with Gasteiger partial charge in [0.05, 0.1) is 16.5 Å².